The Hall–Kier alpha value is -2.67. The van der Waals surface area contributed by atoms with Crippen LogP contribution in [0.3, 0.4) is 0 Å². The molecule has 2 atom stereocenters. The molecule has 172 valence electrons. The monoisotopic (exact) mass is 463 g/mol. The first-order valence-electron chi connectivity index (χ1n) is 12.1. The number of ether oxygens (including phenoxy) is 1. The highest BCUT2D eigenvalue weighted by molar-refractivity contribution is 6.30. The number of carboxylic acid groups (broad SMARTS) is 2. The van der Waals surface area contributed by atoms with Crippen LogP contribution in [0.4, 0.5) is 0 Å². The van der Waals surface area contributed by atoms with Gasteiger partial charge in [-0.2, -0.15) is 0 Å². The Bertz CT molecular complexity index is 1050. The third kappa shape index (κ3) is 7.79. The van der Waals surface area contributed by atoms with E-state index in [2.05, 4.69) is 0 Å². The van der Waals surface area contributed by atoms with Gasteiger partial charge in [-0.1, -0.05) is 54.1 Å². The molecule has 1 aliphatic rings. The fraction of sp³-hybridized carbons (Fsp3) is 0.360. The van der Waals surface area contributed by atoms with Gasteiger partial charge in [-0.15, -0.1) is 0 Å². The van der Waals surface area contributed by atoms with Crippen LogP contribution in [0, 0.1) is 0 Å². The summed E-state index contributed by atoms with van der Waals surface area (Å²) in [4.78, 5) is 21.0. The second kappa shape index (κ2) is 12.4. The number of likely N-dealkylation sites (tertiary alicyclic amines) is 1. The molecule has 32 heavy (non-hydrogen) atoms. The molecule has 2 aromatic rings. The Morgan fingerprint density at radius 2 is 1.69 bits per heavy atom. The molecule has 0 radical (unpaired) electrons. The average molecular weight is 464 g/mol. The van der Waals surface area contributed by atoms with E-state index >= 15 is 0 Å². The molecular weight excluding hydrogens is 430 g/mol. The third-order valence-corrected chi connectivity index (χ3v) is 5.34. The Balaban J connectivity index is 0.000000493. The highest BCUT2D eigenvalue weighted by Gasteiger charge is 2.30. The minimum Gasteiger partial charge on any atom is -0.478 e. The van der Waals surface area contributed by atoms with Gasteiger partial charge in [0.15, 0.2) is 0 Å². The van der Waals surface area contributed by atoms with Crippen molar-refractivity contribution in [1.82, 2.24) is 4.90 Å². The lowest BCUT2D eigenvalue weighted by Crippen LogP contribution is -2.31. The maximum Gasteiger partial charge on any atom is 0.328 e. The predicted octanol–water partition coefficient (Wildman–Crippen LogP) is 4.82. The molecule has 1 heterocycles. The molecule has 3 rings (SSSR count). The number of nitrogens with zero attached hydrogens (tertiary/aromatic N) is 1. The number of halogens is 1. The summed E-state index contributed by atoms with van der Waals surface area (Å²) in [6, 6.07) is 15.9. The molecule has 7 heteroatoms. The fourth-order valence-electron chi connectivity index (χ4n) is 3.24. The summed E-state index contributed by atoms with van der Waals surface area (Å²) in [7, 11) is 1.83. The van der Waals surface area contributed by atoms with Crippen LogP contribution in [0.1, 0.15) is 42.7 Å². The second-order valence-corrected chi connectivity index (χ2v) is 7.84. The number of carboxylic acids is 2. The minimum absolute atomic E-state index is 0.534. The van der Waals surface area contributed by atoms with Gasteiger partial charge in [0.05, 0.1) is 2.74 Å². The smallest absolute Gasteiger partial charge is 0.328 e. The first-order valence-corrected chi connectivity index (χ1v) is 10.4. The van der Waals surface area contributed by atoms with Gasteiger partial charge in [0.25, 0.3) is 0 Å². The summed E-state index contributed by atoms with van der Waals surface area (Å²) < 4.78 is 40.4. The molecule has 2 N–H and O–H groups in total. The third-order valence-electron chi connectivity index (χ3n) is 5.09. The molecule has 6 nitrogen and oxygen atoms in total. The maximum absolute atomic E-state index is 9.55. The number of hydrogen-bond acceptors (Lipinski definition) is 4. The van der Waals surface area contributed by atoms with Gasteiger partial charge in [0, 0.05) is 32.5 Å². The number of carbonyl (C=O) groups is 2. The molecular formula is C25H30ClNO5. The molecule has 1 saturated heterocycles. The lowest BCUT2D eigenvalue weighted by Gasteiger charge is -2.32. The zero-order valence-corrected chi connectivity index (χ0v) is 18.7. The molecule has 1 fully saturated rings. The van der Waals surface area contributed by atoms with Crippen molar-refractivity contribution in [3.63, 3.8) is 0 Å². The van der Waals surface area contributed by atoms with Crippen molar-refractivity contribution < 1.29 is 30.0 Å². The van der Waals surface area contributed by atoms with Gasteiger partial charge in [0.2, 0.25) is 0 Å². The number of aliphatic carboxylic acids is 2. The number of benzene rings is 2. The highest BCUT2D eigenvalue weighted by atomic mass is 35.5. The molecule has 1 aliphatic heterocycles. The van der Waals surface area contributed by atoms with Crippen LogP contribution in [0.5, 0.6) is 0 Å². The van der Waals surface area contributed by atoms with Gasteiger partial charge in [-0.3, -0.25) is 0 Å². The Morgan fingerprint density at radius 1 is 1.12 bits per heavy atom. The molecule has 0 bridgehead atoms. The van der Waals surface area contributed by atoms with Crippen LogP contribution < -0.4 is 0 Å². The fourth-order valence-corrected chi connectivity index (χ4v) is 3.37. The van der Waals surface area contributed by atoms with Crippen molar-refractivity contribution in [2.24, 2.45) is 0 Å². The minimum atomic E-state index is -2.51. The Kier molecular flexibility index (Phi) is 7.73. The van der Waals surface area contributed by atoms with Gasteiger partial charge >= 0.3 is 11.9 Å². The van der Waals surface area contributed by atoms with E-state index in [1.165, 1.54) is 0 Å². The van der Waals surface area contributed by atoms with E-state index in [-0.39, 0.29) is 0 Å². The first-order chi connectivity index (χ1) is 16.7. The summed E-state index contributed by atoms with van der Waals surface area (Å²) in [5.41, 5.74) is 0.277. The molecule has 0 spiro atoms. The van der Waals surface area contributed by atoms with E-state index in [9.17, 15) is 9.59 Å². The van der Waals surface area contributed by atoms with Crippen LogP contribution in [0.15, 0.2) is 66.7 Å². The summed E-state index contributed by atoms with van der Waals surface area (Å²) in [6.07, 6.45) is 0.393. The molecule has 0 saturated carbocycles. The SMILES string of the molecule is O=C(O)/C=C/C(=O)O.[2H]C([2H])(O[C@](C)(c1ccccc1)c1ccc(Cl)cc1)C([2H])([2H])[C@H]1CCCN1C. The van der Waals surface area contributed by atoms with Crippen molar-refractivity contribution in [2.45, 2.75) is 37.8 Å². The van der Waals surface area contributed by atoms with Gasteiger partial charge in [-0.05, 0) is 63.0 Å². The van der Waals surface area contributed by atoms with E-state index in [0.717, 1.165) is 18.5 Å². The molecule has 2 aromatic carbocycles. The van der Waals surface area contributed by atoms with Crippen molar-refractivity contribution in [1.29, 1.82) is 0 Å². The largest absolute Gasteiger partial charge is 0.478 e. The van der Waals surface area contributed by atoms with E-state index in [1.54, 1.807) is 31.2 Å². The van der Waals surface area contributed by atoms with Crippen LogP contribution in [-0.2, 0) is 19.9 Å². The Labute approximate surface area is 199 Å². The first kappa shape index (κ1) is 20.0. The topological polar surface area (TPSA) is 87.1 Å². The summed E-state index contributed by atoms with van der Waals surface area (Å²) in [5, 5.41) is 16.2. The van der Waals surface area contributed by atoms with Crippen LogP contribution in [-0.4, -0.2) is 53.2 Å². The van der Waals surface area contributed by atoms with Gasteiger partial charge in [-0.25, -0.2) is 9.59 Å². The van der Waals surface area contributed by atoms with Crippen molar-refractivity contribution >= 4 is 23.5 Å². The predicted molar refractivity (Wildman–Crippen MR) is 125 cm³/mol. The lowest BCUT2D eigenvalue weighted by atomic mass is 9.88. The van der Waals surface area contributed by atoms with Crippen molar-refractivity contribution in [3.05, 3.63) is 82.9 Å². The van der Waals surface area contributed by atoms with Crippen LogP contribution in [0.25, 0.3) is 0 Å². The molecule has 0 aliphatic carbocycles. The van der Waals surface area contributed by atoms with E-state index in [4.69, 9.17) is 32.0 Å². The lowest BCUT2D eigenvalue weighted by molar-refractivity contribution is -0.134. The Morgan fingerprint density at radius 3 is 2.19 bits per heavy atom. The summed E-state index contributed by atoms with van der Waals surface area (Å²) in [6.45, 7) is 0.0196. The highest BCUT2D eigenvalue weighted by Crippen LogP contribution is 2.34. The molecule has 0 unspecified atom stereocenters. The molecule has 0 amide bonds. The van der Waals surface area contributed by atoms with Crippen molar-refractivity contribution in [3.8, 4) is 0 Å². The zero-order chi connectivity index (χ0) is 27.1. The van der Waals surface area contributed by atoms with Crippen molar-refractivity contribution in [2.75, 3.05) is 20.2 Å². The maximum atomic E-state index is 9.55. The van der Waals surface area contributed by atoms with Crippen LogP contribution >= 0.6 is 11.6 Å². The number of rotatable bonds is 8. The quantitative estimate of drug-likeness (QED) is 0.546. The van der Waals surface area contributed by atoms with Gasteiger partial charge < -0.3 is 19.8 Å². The normalized spacial score (nSPS) is 20.8. The van der Waals surface area contributed by atoms with Crippen LogP contribution in [0.2, 0.25) is 5.02 Å². The molecule has 0 aromatic heterocycles. The van der Waals surface area contributed by atoms with E-state index < -0.39 is 36.5 Å². The van der Waals surface area contributed by atoms with Gasteiger partial charge in [0.1, 0.15) is 5.60 Å². The standard InChI is InChI=1S/C21H26ClNO.C4H4O4/c1-21(17-7-4-3-5-8-17,18-10-12-19(22)13-11-18)24-16-14-20-9-6-15-23(20)2;5-3(6)1-2-4(7)8/h3-5,7-8,10-13,20H,6,9,14-16H2,1-2H3;1-2H,(H,5,6)(H,7,8)/b;2-1+/t20-,21-;/m1./s1/i14D2,16D2;. The summed E-state index contributed by atoms with van der Waals surface area (Å²) in [5.74, 6) is -2.51. The zero-order valence-electron chi connectivity index (χ0n) is 22.0. The average Bonchev–Trinajstić information content (AvgIpc) is 3.25. The second-order valence-electron chi connectivity index (χ2n) is 7.40. The number of hydrogen-bond donors (Lipinski definition) is 2. The van der Waals surface area contributed by atoms with E-state index in [0.29, 0.717) is 29.2 Å². The summed E-state index contributed by atoms with van der Waals surface area (Å²) >= 11 is 6.04. The van der Waals surface area contributed by atoms with E-state index in [1.807, 2.05) is 42.3 Å².